The number of esters is 1. The molecule has 0 aromatic rings. The summed E-state index contributed by atoms with van der Waals surface area (Å²) in [4.78, 5) is 10.4. The second-order valence-electron chi connectivity index (χ2n) is 3.87. The number of alkyl halides is 3. The molecule has 2 fully saturated rings. The van der Waals surface area contributed by atoms with Gasteiger partial charge in [-0.2, -0.15) is 13.2 Å². The number of nitrogens with one attached hydrogen (secondary N) is 1. The summed E-state index contributed by atoms with van der Waals surface area (Å²) in [6.07, 6.45) is -5.22. The van der Waals surface area contributed by atoms with E-state index in [0.717, 1.165) is 0 Å². The molecule has 0 radical (unpaired) electrons. The van der Waals surface area contributed by atoms with Gasteiger partial charge in [0.15, 0.2) is 9.84 Å². The highest BCUT2D eigenvalue weighted by atomic mass is 32.2. The standard InChI is InChI=1S/C7H8F3NO4S/c8-7(9,10)5(12)15-4-1-6(2-11-3-6)16(4,13)14/h4,11H,1-3H2. The van der Waals surface area contributed by atoms with E-state index in [1.165, 1.54) is 0 Å². The lowest BCUT2D eigenvalue weighted by atomic mass is 9.97. The zero-order valence-corrected chi connectivity index (χ0v) is 8.69. The van der Waals surface area contributed by atoms with Crippen molar-refractivity contribution in [1.29, 1.82) is 0 Å². The fourth-order valence-electron chi connectivity index (χ4n) is 1.75. The molecule has 0 aromatic heterocycles. The fourth-order valence-corrected chi connectivity index (χ4v) is 3.75. The molecule has 1 unspecified atom stereocenters. The maximum Gasteiger partial charge on any atom is 0.490 e. The predicted octanol–water partition coefficient (Wildman–Crippen LogP) is -0.422. The molecule has 2 aliphatic heterocycles. The molecule has 1 atom stereocenters. The van der Waals surface area contributed by atoms with Gasteiger partial charge in [0.25, 0.3) is 0 Å². The highest BCUT2D eigenvalue weighted by Gasteiger charge is 2.65. The SMILES string of the molecule is O=C(OC1CC2(CNC2)S1(=O)=O)C(F)(F)F. The number of hydrogen-bond donors (Lipinski definition) is 1. The van der Waals surface area contributed by atoms with Gasteiger partial charge in [-0.1, -0.05) is 0 Å². The van der Waals surface area contributed by atoms with E-state index >= 15 is 0 Å². The average molecular weight is 259 g/mol. The highest BCUT2D eigenvalue weighted by Crippen LogP contribution is 2.44. The predicted molar refractivity (Wildman–Crippen MR) is 45.1 cm³/mol. The minimum Gasteiger partial charge on any atom is -0.439 e. The molecule has 5 nitrogen and oxygen atoms in total. The zero-order chi connectivity index (χ0) is 12.2. The summed E-state index contributed by atoms with van der Waals surface area (Å²) in [6, 6.07) is 0. The van der Waals surface area contributed by atoms with Gasteiger partial charge in [-0.25, -0.2) is 13.2 Å². The first-order valence-electron chi connectivity index (χ1n) is 4.41. The Kier molecular flexibility index (Phi) is 2.26. The first-order valence-corrected chi connectivity index (χ1v) is 5.96. The van der Waals surface area contributed by atoms with E-state index in [0.29, 0.717) is 0 Å². The maximum atomic E-state index is 11.8. The van der Waals surface area contributed by atoms with E-state index < -0.39 is 32.2 Å². The van der Waals surface area contributed by atoms with Gasteiger partial charge >= 0.3 is 12.1 Å². The van der Waals surface area contributed by atoms with Crippen LogP contribution in [0.2, 0.25) is 0 Å². The molecule has 0 amide bonds. The van der Waals surface area contributed by atoms with Crippen LogP contribution >= 0.6 is 0 Å². The Labute approximate surface area is 88.9 Å². The van der Waals surface area contributed by atoms with Crippen LogP contribution in [0.1, 0.15) is 6.42 Å². The molecule has 0 aromatic carbocycles. The van der Waals surface area contributed by atoms with E-state index in [9.17, 15) is 26.4 Å². The number of ether oxygens (including phenoxy) is 1. The van der Waals surface area contributed by atoms with Crippen LogP contribution in [-0.4, -0.2) is 43.8 Å². The minimum absolute atomic E-state index is 0.0653. The van der Waals surface area contributed by atoms with Crippen molar-refractivity contribution in [3.63, 3.8) is 0 Å². The lowest BCUT2D eigenvalue weighted by molar-refractivity contribution is -0.202. The van der Waals surface area contributed by atoms with E-state index in [4.69, 9.17) is 0 Å². The Morgan fingerprint density at radius 3 is 2.25 bits per heavy atom. The van der Waals surface area contributed by atoms with Crippen molar-refractivity contribution >= 4 is 15.8 Å². The summed E-state index contributed by atoms with van der Waals surface area (Å²) in [5.74, 6) is -2.46. The summed E-state index contributed by atoms with van der Waals surface area (Å²) >= 11 is 0. The quantitative estimate of drug-likeness (QED) is 0.647. The third kappa shape index (κ3) is 1.41. The molecule has 9 heteroatoms. The highest BCUT2D eigenvalue weighted by molar-refractivity contribution is 7.94. The van der Waals surface area contributed by atoms with Crippen molar-refractivity contribution in [1.82, 2.24) is 5.32 Å². The molecule has 0 saturated carbocycles. The Morgan fingerprint density at radius 2 is 1.94 bits per heavy atom. The van der Waals surface area contributed by atoms with Crippen LogP contribution in [0.5, 0.6) is 0 Å². The summed E-state index contributed by atoms with van der Waals surface area (Å²) in [6.45, 7) is 0.408. The van der Waals surface area contributed by atoms with Crippen LogP contribution < -0.4 is 5.32 Å². The van der Waals surface area contributed by atoms with E-state index in [2.05, 4.69) is 10.1 Å². The van der Waals surface area contributed by atoms with Crippen LogP contribution in [0.4, 0.5) is 13.2 Å². The van der Waals surface area contributed by atoms with Crippen molar-refractivity contribution < 1.29 is 31.1 Å². The van der Waals surface area contributed by atoms with Gasteiger partial charge in [0.05, 0.1) is 0 Å². The molecule has 2 saturated heterocycles. The van der Waals surface area contributed by atoms with Crippen molar-refractivity contribution in [3.05, 3.63) is 0 Å². The number of halogens is 3. The van der Waals surface area contributed by atoms with Gasteiger partial charge in [0, 0.05) is 19.5 Å². The molecule has 92 valence electrons. The summed E-state index contributed by atoms with van der Waals surface area (Å²) in [5.41, 5.74) is -1.65. The van der Waals surface area contributed by atoms with Gasteiger partial charge in [-0.05, 0) is 0 Å². The largest absolute Gasteiger partial charge is 0.490 e. The minimum atomic E-state index is -5.16. The van der Waals surface area contributed by atoms with Crippen molar-refractivity contribution in [2.24, 2.45) is 0 Å². The molecule has 16 heavy (non-hydrogen) atoms. The molecule has 1 N–H and O–H groups in total. The summed E-state index contributed by atoms with van der Waals surface area (Å²) < 4.78 is 61.5. The lowest BCUT2D eigenvalue weighted by Crippen LogP contribution is -2.74. The van der Waals surface area contributed by atoms with Gasteiger partial charge in [-0.15, -0.1) is 0 Å². The molecule has 0 aliphatic carbocycles. The van der Waals surface area contributed by atoms with Gasteiger partial charge < -0.3 is 10.1 Å². The third-order valence-electron chi connectivity index (χ3n) is 2.85. The molecule has 2 aliphatic rings. The smallest absolute Gasteiger partial charge is 0.439 e. The summed E-state index contributed by atoms with van der Waals surface area (Å²) in [5, 5.41) is 2.72. The van der Waals surface area contributed by atoms with Crippen LogP contribution in [0.15, 0.2) is 0 Å². The normalized spacial score (nSPS) is 30.3. The Balaban J connectivity index is 2.03. The van der Waals surface area contributed by atoms with Crippen LogP contribution in [0.25, 0.3) is 0 Å². The average Bonchev–Trinajstić information content (AvgIpc) is 2.05. The fraction of sp³-hybridized carbons (Fsp3) is 0.857. The van der Waals surface area contributed by atoms with Crippen molar-refractivity contribution in [2.75, 3.05) is 13.1 Å². The van der Waals surface area contributed by atoms with E-state index in [1.54, 1.807) is 0 Å². The third-order valence-corrected chi connectivity index (χ3v) is 5.47. The number of rotatable bonds is 1. The maximum absolute atomic E-state index is 11.8. The molecule has 1 spiro atoms. The first kappa shape index (κ1) is 11.6. The number of carbonyl (C=O) groups excluding carboxylic acids is 1. The molecule has 0 bridgehead atoms. The monoisotopic (exact) mass is 259 g/mol. The lowest BCUT2D eigenvalue weighted by Gasteiger charge is -2.51. The Bertz CT molecular complexity index is 425. The van der Waals surface area contributed by atoms with Crippen molar-refractivity contribution in [3.8, 4) is 0 Å². The van der Waals surface area contributed by atoms with Crippen molar-refractivity contribution in [2.45, 2.75) is 22.8 Å². The Morgan fingerprint density at radius 1 is 1.38 bits per heavy atom. The van der Waals surface area contributed by atoms with E-state index in [1.807, 2.05) is 0 Å². The topological polar surface area (TPSA) is 72.5 Å². The Hall–Kier alpha value is -0.830. The number of carbonyl (C=O) groups is 1. The molecule has 2 rings (SSSR count). The summed E-state index contributed by atoms with van der Waals surface area (Å²) in [7, 11) is -3.79. The van der Waals surface area contributed by atoms with Crippen LogP contribution in [0.3, 0.4) is 0 Å². The van der Waals surface area contributed by atoms with Gasteiger partial charge in [0.2, 0.25) is 5.44 Å². The van der Waals surface area contributed by atoms with Crippen LogP contribution in [0, 0.1) is 0 Å². The molecular formula is C7H8F3NO4S. The number of sulfone groups is 1. The molecular weight excluding hydrogens is 251 g/mol. The van der Waals surface area contributed by atoms with E-state index in [-0.39, 0.29) is 19.5 Å². The molecule has 2 heterocycles. The number of hydrogen-bond acceptors (Lipinski definition) is 5. The first-order chi connectivity index (χ1) is 7.19. The van der Waals surface area contributed by atoms with Crippen LogP contribution in [-0.2, 0) is 19.4 Å². The second-order valence-corrected chi connectivity index (χ2v) is 6.35. The zero-order valence-electron chi connectivity index (χ0n) is 7.87. The second kappa shape index (κ2) is 3.10. The van der Waals surface area contributed by atoms with Gasteiger partial charge in [-0.3, -0.25) is 0 Å². The van der Waals surface area contributed by atoms with Gasteiger partial charge in [0.1, 0.15) is 4.75 Å².